The number of ether oxygens (including phenoxy) is 2. The number of cyclic esters (lactones) is 1. The number of rotatable bonds is 4. The van der Waals surface area contributed by atoms with Gasteiger partial charge in [0, 0.05) is 5.56 Å². The van der Waals surface area contributed by atoms with Crippen molar-refractivity contribution in [2.24, 2.45) is 4.99 Å². The first kappa shape index (κ1) is 19.3. The van der Waals surface area contributed by atoms with Crippen molar-refractivity contribution >= 4 is 23.9 Å². The molecular weight excluding hydrogens is 385 g/mol. The van der Waals surface area contributed by atoms with E-state index in [2.05, 4.69) is 4.99 Å². The van der Waals surface area contributed by atoms with Crippen LogP contribution in [-0.4, -0.2) is 17.8 Å². The molecule has 6 heteroatoms. The van der Waals surface area contributed by atoms with Crippen LogP contribution in [0.1, 0.15) is 27.0 Å². The first-order chi connectivity index (χ1) is 14.5. The lowest BCUT2D eigenvalue weighted by molar-refractivity contribution is -0.129. The third kappa shape index (κ3) is 4.33. The average molecular weight is 401 g/mol. The van der Waals surface area contributed by atoms with Crippen LogP contribution in [0.25, 0.3) is 6.08 Å². The van der Waals surface area contributed by atoms with E-state index in [1.165, 1.54) is 24.3 Å². The minimum Gasteiger partial charge on any atom is -0.423 e. The van der Waals surface area contributed by atoms with Gasteiger partial charge in [-0.3, -0.25) is 0 Å². The molecule has 0 atom stereocenters. The summed E-state index contributed by atoms with van der Waals surface area (Å²) >= 11 is 0. The van der Waals surface area contributed by atoms with Crippen molar-refractivity contribution in [2.75, 3.05) is 0 Å². The molecule has 1 aliphatic rings. The van der Waals surface area contributed by atoms with Gasteiger partial charge in [0.1, 0.15) is 11.6 Å². The molecule has 3 aromatic rings. The van der Waals surface area contributed by atoms with Crippen molar-refractivity contribution in [1.29, 1.82) is 0 Å². The van der Waals surface area contributed by atoms with Crippen molar-refractivity contribution in [2.45, 2.75) is 6.92 Å². The first-order valence-corrected chi connectivity index (χ1v) is 9.15. The molecule has 5 nitrogen and oxygen atoms in total. The molecule has 0 aromatic heterocycles. The monoisotopic (exact) mass is 401 g/mol. The molecule has 0 saturated heterocycles. The van der Waals surface area contributed by atoms with Crippen molar-refractivity contribution in [3.05, 3.63) is 107 Å². The molecule has 0 amide bonds. The number of benzene rings is 3. The Morgan fingerprint density at radius 1 is 1.03 bits per heavy atom. The summed E-state index contributed by atoms with van der Waals surface area (Å²) in [4.78, 5) is 28.5. The Morgan fingerprint density at radius 3 is 2.47 bits per heavy atom. The van der Waals surface area contributed by atoms with Gasteiger partial charge in [0.2, 0.25) is 5.90 Å². The maximum atomic E-state index is 13.0. The van der Waals surface area contributed by atoms with Crippen LogP contribution < -0.4 is 4.74 Å². The van der Waals surface area contributed by atoms with E-state index in [1.807, 2.05) is 31.2 Å². The van der Waals surface area contributed by atoms with Gasteiger partial charge in [-0.05, 0) is 67.1 Å². The summed E-state index contributed by atoms with van der Waals surface area (Å²) in [5, 5.41) is 0. The summed E-state index contributed by atoms with van der Waals surface area (Å²) in [6.07, 6.45) is 1.59. The smallest absolute Gasteiger partial charge is 0.363 e. The number of aliphatic imine (C=N–C) groups is 1. The lowest BCUT2D eigenvalue weighted by atomic mass is 10.1. The van der Waals surface area contributed by atoms with Crippen LogP contribution in [-0.2, 0) is 9.53 Å². The van der Waals surface area contributed by atoms with Gasteiger partial charge in [0.05, 0.1) is 5.56 Å². The summed E-state index contributed by atoms with van der Waals surface area (Å²) in [6.45, 7) is 1.95. The minimum atomic E-state index is -0.590. The fourth-order valence-electron chi connectivity index (χ4n) is 2.85. The maximum Gasteiger partial charge on any atom is 0.363 e. The second-order valence-corrected chi connectivity index (χ2v) is 6.67. The minimum absolute atomic E-state index is 0.183. The van der Waals surface area contributed by atoms with Crippen LogP contribution in [0, 0.1) is 12.7 Å². The number of hydrogen-bond acceptors (Lipinski definition) is 5. The van der Waals surface area contributed by atoms with Gasteiger partial charge in [0.25, 0.3) is 0 Å². The highest BCUT2D eigenvalue weighted by atomic mass is 19.1. The average Bonchev–Trinajstić information content (AvgIpc) is 3.10. The number of hydrogen-bond donors (Lipinski definition) is 0. The van der Waals surface area contributed by atoms with E-state index >= 15 is 0 Å². The number of aryl methyl sites for hydroxylation is 1. The lowest BCUT2D eigenvalue weighted by Crippen LogP contribution is -2.08. The fourth-order valence-corrected chi connectivity index (χ4v) is 2.85. The van der Waals surface area contributed by atoms with Crippen LogP contribution >= 0.6 is 0 Å². The molecule has 0 saturated carbocycles. The molecule has 0 radical (unpaired) electrons. The zero-order valence-corrected chi connectivity index (χ0v) is 16.0. The Bertz CT molecular complexity index is 1180. The first-order valence-electron chi connectivity index (χ1n) is 9.15. The third-order valence-corrected chi connectivity index (χ3v) is 4.36. The van der Waals surface area contributed by atoms with Crippen LogP contribution in [0.4, 0.5) is 4.39 Å². The predicted molar refractivity (Wildman–Crippen MR) is 110 cm³/mol. The summed E-state index contributed by atoms with van der Waals surface area (Å²) < 4.78 is 23.5. The molecule has 0 N–H and O–H groups in total. The van der Waals surface area contributed by atoms with Crippen LogP contribution in [0.3, 0.4) is 0 Å². The molecular formula is C24H16FNO4. The summed E-state index contributed by atoms with van der Waals surface area (Å²) in [7, 11) is 0. The summed E-state index contributed by atoms with van der Waals surface area (Å²) in [5.74, 6) is -0.960. The van der Waals surface area contributed by atoms with Gasteiger partial charge in [-0.1, -0.05) is 29.8 Å². The third-order valence-electron chi connectivity index (χ3n) is 4.36. The van der Waals surface area contributed by atoms with Gasteiger partial charge in [-0.2, -0.15) is 0 Å². The number of nitrogens with zero attached hydrogens (tertiary/aromatic N) is 1. The van der Waals surface area contributed by atoms with Crippen LogP contribution in [0.2, 0.25) is 0 Å². The molecule has 0 bridgehead atoms. The Kier molecular flexibility index (Phi) is 5.22. The van der Waals surface area contributed by atoms with E-state index in [9.17, 15) is 14.0 Å². The van der Waals surface area contributed by atoms with Crippen molar-refractivity contribution < 1.29 is 23.5 Å². The Labute approximate surface area is 172 Å². The fraction of sp³-hybridized carbons (Fsp3) is 0.0417. The largest absolute Gasteiger partial charge is 0.423 e. The van der Waals surface area contributed by atoms with Crippen LogP contribution in [0.5, 0.6) is 5.75 Å². The molecule has 30 heavy (non-hydrogen) atoms. The van der Waals surface area contributed by atoms with Gasteiger partial charge < -0.3 is 9.47 Å². The highest BCUT2D eigenvalue weighted by Gasteiger charge is 2.24. The highest BCUT2D eigenvalue weighted by Crippen LogP contribution is 2.21. The maximum absolute atomic E-state index is 13.0. The molecule has 1 heterocycles. The van der Waals surface area contributed by atoms with E-state index < -0.39 is 17.8 Å². The van der Waals surface area contributed by atoms with E-state index in [0.717, 1.165) is 11.1 Å². The van der Waals surface area contributed by atoms with E-state index in [0.29, 0.717) is 11.3 Å². The molecule has 0 unspecified atom stereocenters. The van der Waals surface area contributed by atoms with Crippen molar-refractivity contribution in [1.82, 2.24) is 0 Å². The molecule has 1 aliphatic heterocycles. The molecule has 0 spiro atoms. The lowest BCUT2D eigenvalue weighted by Gasteiger charge is -2.04. The summed E-state index contributed by atoms with van der Waals surface area (Å²) in [6, 6.07) is 19.2. The number of carbonyl (C=O) groups excluding carboxylic acids is 2. The van der Waals surface area contributed by atoms with E-state index in [4.69, 9.17) is 9.47 Å². The molecule has 4 rings (SSSR count). The molecule has 3 aromatic carbocycles. The number of esters is 2. The Balaban J connectivity index is 1.48. The SMILES string of the molecule is Cc1cccc(C2=N/C(=C/c3ccc(OC(=O)c4ccc(F)cc4)cc3)C(=O)O2)c1. The highest BCUT2D eigenvalue weighted by molar-refractivity contribution is 6.12. The van der Waals surface area contributed by atoms with Gasteiger partial charge >= 0.3 is 11.9 Å². The molecule has 148 valence electrons. The standard InChI is InChI=1S/C24H16FNO4/c1-15-3-2-4-18(13-15)22-26-21(24(28)30-22)14-16-5-11-20(12-6-16)29-23(27)17-7-9-19(25)10-8-17/h2-14H,1H3/b21-14+. The number of halogens is 1. The Hall–Kier alpha value is -4.06. The normalized spacial score (nSPS) is 14.4. The zero-order valence-electron chi connectivity index (χ0n) is 16.0. The van der Waals surface area contributed by atoms with Gasteiger partial charge in [-0.15, -0.1) is 0 Å². The molecule has 0 aliphatic carbocycles. The van der Waals surface area contributed by atoms with Crippen molar-refractivity contribution in [3.63, 3.8) is 0 Å². The van der Waals surface area contributed by atoms with Gasteiger partial charge in [0.15, 0.2) is 5.70 Å². The molecule has 0 fully saturated rings. The zero-order chi connectivity index (χ0) is 21.1. The van der Waals surface area contributed by atoms with E-state index in [-0.39, 0.29) is 17.2 Å². The predicted octanol–water partition coefficient (Wildman–Crippen LogP) is 4.70. The van der Waals surface area contributed by atoms with E-state index in [1.54, 1.807) is 30.3 Å². The summed E-state index contributed by atoms with van der Waals surface area (Å²) in [5.41, 5.74) is 2.89. The second-order valence-electron chi connectivity index (χ2n) is 6.67. The topological polar surface area (TPSA) is 65.0 Å². The number of carbonyl (C=O) groups is 2. The quantitative estimate of drug-likeness (QED) is 0.361. The van der Waals surface area contributed by atoms with Crippen molar-refractivity contribution in [3.8, 4) is 5.75 Å². The van der Waals surface area contributed by atoms with Gasteiger partial charge in [-0.25, -0.2) is 19.0 Å². The second kappa shape index (κ2) is 8.13. The van der Waals surface area contributed by atoms with Crippen LogP contribution in [0.15, 0.2) is 83.5 Å². The Morgan fingerprint density at radius 2 is 1.77 bits per heavy atom.